The fourth-order valence-electron chi connectivity index (χ4n) is 3.75. The Kier molecular flexibility index (Phi) is 10.1. The van der Waals surface area contributed by atoms with Crippen LogP contribution < -0.4 is 5.32 Å². The van der Waals surface area contributed by atoms with Crippen LogP contribution in [-0.2, 0) is 35.9 Å². The number of hydrogen-bond acceptors (Lipinski definition) is 9. The van der Waals surface area contributed by atoms with E-state index in [9.17, 15) is 39.5 Å². The van der Waals surface area contributed by atoms with Crippen LogP contribution in [0.5, 0.6) is 0 Å². The first kappa shape index (κ1) is 30.7. The lowest BCUT2D eigenvalue weighted by Gasteiger charge is -2.32. The highest BCUT2D eigenvalue weighted by molar-refractivity contribution is 5.93. The summed E-state index contributed by atoms with van der Waals surface area (Å²) < 4.78 is 10.8. The molecule has 39 heavy (non-hydrogen) atoms. The zero-order chi connectivity index (χ0) is 29.4. The Labute approximate surface area is 224 Å². The number of carbonyl (C=O) groups excluding carboxylic acids is 2. The predicted octanol–water partition coefficient (Wildman–Crippen LogP) is 3.45. The average molecular weight is 546 g/mol. The summed E-state index contributed by atoms with van der Waals surface area (Å²) >= 11 is 0. The number of amides is 1. The van der Waals surface area contributed by atoms with E-state index in [1.807, 2.05) is 0 Å². The molecular formula is C26H31N3O10. The summed E-state index contributed by atoms with van der Waals surface area (Å²) in [7, 11) is 0. The molecule has 1 aromatic heterocycles. The minimum atomic E-state index is -1.92. The van der Waals surface area contributed by atoms with Crippen LogP contribution in [-0.4, -0.2) is 55.8 Å². The standard InChI is InChI=1S/C26H31N3O10/c1-25(2,3)39-24(35)28-17(12-19(21(30)31)22(32)33)13-26(4,20-11-10-18(14-27-20)29(36)37)23(34)38-15-16-8-6-5-7-9-16/h5-11,14,17,19H,12-13,15H2,1-4H3,(H,28,35)(H,30,31)(H,32,33)/t17-,26?/m0/s1. The van der Waals surface area contributed by atoms with E-state index < -0.39 is 58.3 Å². The fraction of sp³-hybridized carbons (Fsp3) is 0.423. The average Bonchev–Trinajstić information content (AvgIpc) is 2.84. The van der Waals surface area contributed by atoms with Crippen LogP contribution in [0, 0.1) is 16.0 Å². The van der Waals surface area contributed by atoms with Crippen molar-refractivity contribution < 1.29 is 43.8 Å². The van der Waals surface area contributed by atoms with Gasteiger partial charge in [0.15, 0.2) is 5.92 Å². The maximum atomic E-state index is 13.5. The number of nitrogens with zero attached hydrogens (tertiary/aromatic N) is 2. The maximum Gasteiger partial charge on any atom is 0.407 e. The van der Waals surface area contributed by atoms with E-state index in [4.69, 9.17) is 9.47 Å². The summed E-state index contributed by atoms with van der Waals surface area (Å²) in [4.78, 5) is 63.8. The Morgan fingerprint density at radius 2 is 1.64 bits per heavy atom. The van der Waals surface area contributed by atoms with Crippen molar-refractivity contribution in [2.75, 3.05) is 0 Å². The first-order chi connectivity index (χ1) is 18.1. The second-order valence-electron chi connectivity index (χ2n) is 10.1. The number of pyridine rings is 1. The summed E-state index contributed by atoms with van der Waals surface area (Å²) in [6.45, 7) is 6.09. The number of hydrogen-bond donors (Lipinski definition) is 3. The number of carboxylic acid groups (broad SMARTS) is 2. The van der Waals surface area contributed by atoms with Crippen molar-refractivity contribution in [3.63, 3.8) is 0 Å². The van der Waals surface area contributed by atoms with E-state index in [1.54, 1.807) is 51.1 Å². The summed E-state index contributed by atoms with van der Waals surface area (Å²) in [6.07, 6.45) is -0.968. The van der Waals surface area contributed by atoms with Gasteiger partial charge in [-0.15, -0.1) is 0 Å². The molecule has 2 atom stereocenters. The van der Waals surface area contributed by atoms with Crippen LogP contribution >= 0.6 is 0 Å². The van der Waals surface area contributed by atoms with Gasteiger partial charge in [0.2, 0.25) is 0 Å². The SMILES string of the molecule is CC(C)(C)OC(=O)N[C@@H](CC(C(=O)O)C(=O)O)CC(C)(C(=O)OCc1ccccc1)c1ccc([N+](=O)[O-])cn1. The Morgan fingerprint density at radius 1 is 1.03 bits per heavy atom. The molecular weight excluding hydrogens is 514 g/mol. The third-order valence-corrected chi connectivity index (χ3v) is 5.68. The first-order valence-corrected chi connectivity index (χ1v) is 11.9. The van der Waals surface area contributed by atoms with Gasteiger partial charge in [0.25, 0.3) is 5.69 Å². The zero-order valence-corrected chi connectivity index (χ0v) is 21.9. The van der Waals surface area contributed by atoms with Gasteiger partial charge in [0, 0.05) is 12.1 Å². The van der Waals surface area contributed by atoms with Crippen LogP contribution in [0.2, 0.25) is 0 Å². The predicted molar refractivity (Wildman–Crippen MR) is 136 cm³/mol. The number of benzene rings is 1. The molecule has 2 aromatic rings. The highest BCUT2D eigenvalue weighted by Gasteiger charge is 2.43. The van der Waals surface area contributed by atoms with Gasteiger partial charge in [0.05, 0.1) is 10.6 Å². The monoisotopic (exact) mass is 545 g/mol. The van der Waals surface area contributed by atoms with Gasteiger partial charge < -0.3 is 25.0 Å². The number of alkyl carbamates (subject to hydrolysis) is 1. The number of carbonyl (C=O) groups is 4. The lowest BCUT2D eigenvalue weighted by molar-refractivity contribution is -0.385. The molecule has 0 aliphatic rings. The number of rotatable bonds is 12. The number of nitrogens with one attached hydrogen (secondary N) is 1. The molecule has 0 aliphatic carbocycles. The van der Waals surface area contributed by atoms with E-state index in [-0.39, 0.29) is 24.4 Å². The first-order valence-electron chi connectivity index (χ1n) is 11.9. The smallest absolute Gasteiger partial charge is 0.407 e. The lowest BCUT2D eigenvalue weighted by Crippen LogP contribution is -2.47. The van der Waals surface area contributed by atoms with Gasteiger partial charge in [-0.3, -0.25) is 29.5 Å². The van der Waals surface area contributed by atoms with Gasteiger partial charge in [-0.2, -0.15) is 0 Å². The van der Waals surface area contributed by atoms with Crippen LogP contribution in [0.3, 0.4) is 0 Å². The van der Waals surface area contributed by atoms with Crippen LogP contribution in [0.4, 0.5) is 10.5 Å². The maximum absolute atomic E-state index is 13.5. The van der Waals surface area contributed by atoms with Gasteiger partial charge in [0.1, 0.15) is 23.8 Å². The third-order valence-electron chi connectivity index (χ3n) is 5.68. The van der Waals surface area contributed by atoms with Gasteiger partial charge >= 0.3 is 24.0 Å². The van der Waals surface area contributed by atoms with Crippen LogP contribution in [0.1, 0.15) is 51.8 Å². The number of carboxylic acids is 2. The van der Waals surface area contributed by atoms with Gasteiger partial charge in [-0.25, -0.2) is 4.79 Å². The summed E-state index contributed by atoms with van der Waals surface area (Å²) in [5.41, 5.74) is -2.25. The van der Waals surface area contributed by atoms with E-state index in [2.05, 4.69) is 10.3 Å². The second kappa shape index (κ2) is 12.8. The quantitative estimate of drug-likeness (QED) is 0.153. The van der Waals surface area contributed by atoms with Crippen molar-refractivity contribution in [2.45, 2.75) is 64.2 Å². The van der Waals surface area contributed by atoms with E-state index in [1.165, 1.54) is 13.0 Å². The third kappa shape index (κ3) is 9.05. The summed E-state index contributed by atoms with van der Waals surface area (Å²) in [5.74, 6) is -6.02. The topological polar surface area (TPSA) is 195 Å². The van der Waals surface area contributed by atoms with Crippen molar-refractivity contribution in [1.82, 2.24) is 10.3 Å². The molecule has 1 heterocycles. The molecule has 13 nitrogen and oxygen atoms in total. The van der Waals surface area contributed by atoms with Crippen molar-refractivity contribution >= 4 is 29.7 Å². The molecule has 1 amide bonds. The molecule has 210 valence electrons. The van der Waals surface area contributed by atoms with Crippen molar-refractivity contribution in [3.8, 4) is 0 Å². The van der Waals surface area contributed by atoms with Crippen LogP contribution in [0.15, 0.2) is 48.7 Å². The number of nitro groups is 1. The van der Waals surface area contributed by atoms with Crippen molar-refractivity contribution in [1.29, 1.82) is 0 Å². The Balaban J connectivity index is 2.48. The normalized spacial score (nSPS) is 13.6. The van der Waals surface area contributed by atoms with Gasteiger partial charge in [-0.1, -0.05) is 30.3 Å². The molecule has 3 N–H and O–H groups in total. The molecule has 2 rings (SSSR count). The Morgan fingerprint density at radius 3 is 2.13 bits per heavy atom. The molecule has 0 bridgehead atoms. The highest BCUT2D eigenvalue weighted by atomic mass is 16.6. The number of esters is 1. The Hall–Kier alpha value is -4.55. The van der Waals surface area contributed by atoms with E-state index >= 15 is 0 Å². The number of ether oxygens (including phenoxy) is 2. The fourth-order valence-corrected chi connectivity index (χ4v) is 3.75. The molecule has 0 aliphatic heterocycles. The molecule has 1 unspecified atom stereocenters. The largest absolute Gasteiger partial charge is 0.481 e. The molecule has 13 heteroatoms. The molecule has 0 spiro atoms. The van der Waals surface area contributed by atoms with Gasteiger partial charge in [-0.05, 0) is 52.2 Å². The summed E-state index contributed by atoms with van der Waals surface area (Å²) in [5, 5.41) is 32.5. The molecule has 0 radical (unpaired) electrons. The zero-order valence-electron chi connectivity index (χ0n) is 21.9. The lowest BCUT2D eigenvalue weighted by atomic mass is 9.78. The Bertz CT molecular complexity index is 1180. The molecule has 0 saturated heterocycles. The molecule has 0 saturated carbocycles. The second-order valence-corrected chi connectivity index (χ2v) is 10.1. The van der Waals surface area contributed by atoms with Crippen molar-refractivity contribution in [3.05, 3.63) is 70.0 Å². The van der Waals surface area contributed by atoms with E-state index in [0.29, 0.717) is 5.56 Å². The van der Waals surface area contributed by atoms with Crippen LogP contribution in [0.25, 0.3) is 0 Å². The molecule has 1 aromatic carbocycles. The minimum absolute atomic E-state index is 0.0318. The van der Waals surface area contributed by atoms with Crippen molar-refractivity contribution in [2.24, 2.45) is 5.92 Å². The summed E-state index contributed by atoms with van der Waals surface area (Å²) in [6, 6.07) is 9.90. The molecule has 0 fully saturated rings. The van der Waals surface area contributed by atoms with E-state index in [0.717, 1.165) is 12.3 Å². The number of aromatic nitrogens is 1. The highest BCUT2D eigenvalue weighted by Crippen LogP contribution is 2.32. The minimum Gasteiger partial charge on any atom is -0.481 e. The number of aliphatic carboxylic acids is 2.